The van der Waals surface area contributed by atoms with Crippen LogP contribution in [0.4, 0.5) is 0 Å². The summed E-state index contributed by atoms with van der Waals surface area (Å²) in [5.74, 6) is 0.423. The summed E-state index contributed by atoms with van der Waals surface area (Å²) in [5.41, 5.74) is 0.703. The summed E-state index contributed by atoms with van der Waals surface area (Å²) in [7, 11) is 0. The number of morpholine rings is 1. The minimum Gasteiger partial charge on any atom is -0.508 e. The van der Waals surface area contributed by atoms with Crippen LogP contribution < -0.4 is 5.32 Å². The van der Waals surface area contributed by atoms with E-state index in [2.05, 4.69) is 5.32 Å². The summed E-state index contributed by atoms with van der Waals surface area (Å²) >= 11 is 12.4. The number of nitrogens with one attached hydrogen (secondary N) is 1. The molecule has 2 atom stereocenters. The Morgan fingerprint density at radius 1 is 1.33 bits per heavy atom. The summed E-state index contributed by atoms with van der Waals surface area (Å²) in [6.45, 7) is 3.33. The fraction of sp³-hybridized carbons (Fsp3) is 0.588. The van der Waals surface area contributed by atoms with E-state index in [-0.39, 0.29) is 23.6 Å². The molecule has 2 saturated heterocycles. The van der Waals surface area contributed by atoms with Crippen molar-refractivity contribution in [3.63, 3.8) is 0 Å². The van der Waals surface area contributed by atoms with Crippen molar-refractivity contribution < 1.29 is 14.6 Å². The molecule has 0 aliphatic carbocycles. The maximum atomic E-state index is 12.4. The van der Waals surface area contributed by atoms with Gasteiger partial charge in [0.15, 0.2) is 0 Å². The minimum atomic E-state index is 0.0774. The van der Waals surface area contributed by atoms with E-state index in [4.69, 9.17) is 27.9 Å². The third-order valence-corrected chi connectivity index (χ3v) is 5.62. The highest BCUT2D eigenvalue weighted by atomic mass is 35.5. The first-order valence-electron chi connectivity index (χ1n) is 8.32. The van der Waals surface area contributed by atoms with Gasteiger partial charge in [0.25, 0.3) is 0 Å². The molecule has 2 heterocycles. The van der Waals surface area contributed by atoms with E-state index in [1.54, 1.807) is 12.1 Å². The van der Waals surface area contributed by atoms with Gasteiger partial charge in [-0.05, 0) is 37.4 Å². The van der Waals surface area contributed by atoms with Gasteiger partial charge in [0.1, 0.15) is 5.75 Å². The fourth-order valence-electron chi connectivity index (χ4n) is 3.52. The number of rotatable bonds is 3. The molecular weight excluding hydrogens is 351 g/mol. The maximum absolute atomic E-state index is 12.4. The van der Waals surface area contributed by atoms with Crippen LogP contribution in [0.25, 0.3) is 0 Å². The van der Waals surface area contributed by atoms with Gasteiger partial charge in [0.2, 0.25) is 5.91 Å². The first-order chi connectivity index (χ1) is 11.6. The lowest BCUT2D eigenvalue weighted by atomic mass is 9.84. The Morgan fingerprint density at radius 2 is 2.08 bits per heavy atom. The molecule has 7 heteroatoms. The molecule has 0 unspecified atom stereocenters. The maximum Gasteiger partial charge on any atom is 0.224 e. The first-order valence-corrected chi connectivity index (χ1v) is 9.07. The van der Waals surface area contributed by atoms with Crippen molar-refractivity contribution in [2.45, 2.75) is 31.2 Å². The van der Waals surface area contributed by atoms with Crippen molar-refractivity contribution in [1.82, 2.24) is 10.2 Å². The van der Waals surface area contributed by atoms with Gasteiger partial charge in [0, 0.05) is 31.1 Å². The molecule has 132 valence electrons. The quantitative estimate of drug-likeness (QED) is 0.856. The lowest BCUT2D eigenvalue weighted by Gasteiger charge is -2.33. The number of aromatic hydroxyl groups is 1. The number of benzene rings is 1. The lowest BCUT2D eigenvalue weighted by Crippen LogP contribution is -2.45. The second-order valence-corrected chi connectivity index (χ2v) is 7.15. The minimum absolute atomic E-state index is 0.0774. The Balaban J connectivity index is 1.66. The summed E-state index contributed by atoms with van der Waals surface area (Å²) in [6.07, 6.45) is 2.06. The van der Waals surface area contributed by atoms with Crippen LogP contribution in [-0.2, 0) is 9.53 Å². The molecule has 2 aliphatic heterocycles. The van der Waals surface area contributed by atoms with Crippen molar-refractivity contribution in [3.8, 4) is 5.75 Å². The van der Waals surface area contributed by atoms with Gasteiger partial charge in [-0.1, -0.05) is 23.2 Å². The summed E-state index contributed by atoms with van der Waals surface area (Å²) in [6, 6.07) is 3.26. The van der Waals surface area contributed by atoms with Crippen LogP contribution in [0.5, 0.6) is 5.75 Å². The van der Waals surface area contributed by atoms with E-state index >= 15 is 0 Å². The molecule has 2 aliphatic rings. The highest BCUT2D eigenvalue weighted by molar-refractivity contribution is 6.42. The first kappa shape index (κ1) is 17.8. The normalized spacial score (nSPS) is 24.8. The van der Waals surface area contributed by atoms with Crippen LogP contribution >= 0.6 is 23.2 Å². The predicted octanol–water partition coefficient (Wildman–Crippen LogP) is 2.78. The molecule has 0 bridgehead atoms. The van der Waals surface area contributed by atoms with Crippen LogP contribution in [0.3, 0.4) is 0 Å². The van der Waals surface area contributed by atoms with E-state index in [9.17, 15) is 9.90 Å². The van der Waals surface area contributed by atoms with Gasteiger partial charge < -0.3 is 20.1 Å². The van der Waals surface area contributed by atoms with Gasteiger partial charge in [0.05, 0.1) is 23.3 Å². The number of carbonyl (C=O) groups excluding carboxylic acids is 1. The number of amides is 1. The Hall–Kier alpha value is -1.01. The second kappa shape index (κ2) is 7.91. The molecule has 0 saturated carbocycles. The number of halogens is 2. The number of phenolic OH excluding ortho intramolecular Hbond substituents is 1. The Bertz CT molecular complexity index is 606. The molecule has 1 amide bonds. The SMILES string of the molecule is O=C(C[C@@H]1C[C@H](c2c(O)ccc(Cl)c2Cl)CCN1)N1CCOCC1. The highest BCUT2D eigenvalue weighted by Gasteiger charge is 2.29. The average molecular weight is 373 g/mol. The molecule has 3 rings (SSSR count). The number of ether oxygens (including phenoxy) is 1. The van der Waals surface area contributed by atoms with E-state index in [1.165, 1.54) is 0 Å². The van der Waals surface area contributed by atoms with Crippen LogP contribution in [-0.4, -0.2) is 54.8 Å². The number of hydrogen-bond acceptors (Lipinski definition) is 4. The molecule has 5 nitrogen and oxygen atoms in total. The van der Waals surface area contributed by atoms with Gasteiger partial charge >= 0.3 is 0 Å². The number of phenols is 1. The average Bonchev–Trinajstić information content (AvgIpc) is 2.60. The molecule has 1 aromatic carbocycles. The van der Waals surface area contributed by atoms with Crippen molar-refractivity contribution in [1.29, 1.82) is 0 Å². The summed E-state index contributed by atoms with van der Waals surface area (Å²) in [5, 5.41) is 14.5. The molecule has 1 aromatic rings. The molecule has 2 N–H and O–H groups in total. The third kappa shape index (κ3) is 3.97. The van der Waals surface area contributed by atoms with Gasteiger partial charge in [-0.2, -0.15) is 0 Å². The van der Waals surface area contributed by atoms with Crippen molar-refractivity contribution in [2.24, 2.45) is 0 Å². The van der Waals surface area contributed by atoms with Crippen LogP contribution in [0.1, 0.15) is 30.7 Å². The highest BCUT2D eigenvalue weighted by Crippen LogP contribution is 2.41. The zero-order valence-corrected chi connectivity index (χ0v) is 14.9. The Morgan fingerprint density at radius 3 is 2.83 bits per heavy atom. The largest absolute Gasteiger partial charge is 0.508 e. The molecule has 0 aromatic heterocycles. The van der Waals surface area contributed by atoms with Gasteiger partial charge in [-0.15, -0.1) is 0 Å². The molecule has 24 heavy (non-hydrogen) atoms. The van der Waals surface area contributed by atoms with E-state index < -0.39 is 0 Å². The Kier molecular flexibility index (Phi) is 5.87. The Labute approximate surface area is 151 Å². The lowest BCUT2D eigenvalue weighted by molar-refractivity contribution is -0.135. The molecular formula is C17H22Cl2N2O3. The van der Waals surface area contributed by atoms with E-state index in [1.807, 2.05) is 4.90 Å². The van der Waals surface area contributed by atoms with Gasteiger partial charge in [-0.3, -0.25) is 4.79 Å². The summed E-state index contributed by atoms with van der Waals surface area (Å²) < 4.78 is 5.29. The zero-order valence-electron chi connectivity index (χ0n) is 13.4. The number of piperidine rings is 1. The molecule has 2 fully saturated rings. The molecule has 0 radical (unpaired) electrons. The standard InChI is InChI=1S/C17H22Cl2N2O3/c18-13-1-2-14(22)16(17(13)19)11-3-4-20-12(9-11)10-15(23)21-5-7-24-8-6-21/h1-2,11-12,20,22H,3-10H2/t11-,12+/m1/s1. The number of hydrogen-bond donors (Lipinski definition) is 2. The van der Waals surface area contributed by atoms with Crippen molar-refractivity contribution >= 4 is 29.1 Å². The monoisotopic (exact) mass is 372 g/mol. The van der Waals surface area contributed by atoms with Crippen LogP contribution in [0.15, 0.2) is 12.1 Å². The third-order valence-electron chi connectivity index (χ3n) is 4.80. The van der Waals surface area contributed by atoms with E-state index in [0.29, 0.717) is 48.3 Å². The fourth-order valence-corrected chi connectivity index (χ4v) is 4.00. The van der Waals surface area contributed by atoms with Crippen molar-refractivity contribution in [3.05, 3.63) is 27.7 Å². The molecule has 0 spiro atoms. The van der Waals surface area contributed by atoms with Crippen LogP contribution in [0.2, 0.25) is 10.0 Å². The number of nitrogens with zero attached hydrogens (tertiary/aromatic N) is 1. The smallest absolute Gasteiger partial charge is 0.224 e. The van der Waals surface area contributed by atoms with E-state index in [0.717, 1.165) is 19.4 Å². The summed E-state index contributed by atoms with van der Waals surface area (Å²) in [4.78, 5) is 14.3. The topological polar surface area (TPSA) is 61.8 Å². The van der Waals surface area contributed by atoms with Crippen molar-refractivity contribution in [2.75, 3.05) is 32.8 Å². The zero-order chi connectivity index (χ0) is 17.1. The van der Waals surface area contributed by atoms with Crippen LogP contribution in [0, 0.1) is 0 Å². The predicted molar refractivity (Wildman–Crippen MR) is 93.9 cm³/mol. The van der Waals surface area contributed by atoms with Gasteiger partial charge in [-0.25, -0.2) is 0 Å². The second-order valence-electron chi connectivity index (χ2n) is 6.36. The number of carbonyl (C=O) groups is 1.